The highest BCUT2D eigenvalue weighted by molar-refractivity contribution is 5.95. The van der Waals surface area contributed by atoms with Crippen LogP contribution >= 0.6 is 0 Å². The van der Waals surface area contributed by atoms with Gasteiger partial charge in [-0.1, -0.05) is 6.08 Å². The van der Waals surface area contributed by atoms with Crippen molar-refractivity contribution in [3.8, 4) is 11.5 Å². The number of carbonyl (C=O) groups excluding carboxylic acids is 1. The maximum atomic E-state index is 12.0. The molecule has 1 amide bonds. The minimum atomic E-state index is -0.349. The summed E-state index contributed by atoms with van der Waals surface area (Å²) in [4.78, 5) is 13.4. The van der Waals surface area contributed by atoms with Crippen molar-refractivity contribution in [3.05, 3.63) is 36.4 Å². The first-order valence-corrected chi connectivity index (χ1v) is 5.13. The molecule has 0 fully saturated rings. The molecule has 0 spiro atoms. The second kappa shape index (κ2) is 5.91. The van der Waals surface area contributed by atoms with E-state index in [2.05, 4.69) is 6.58 Å². The van der Waals surface area contributed by atoms with Crippen molar-refractivity contribution in [2.45, 2.75) is 0 Å². The summed E-state index contributed by atoms with van der Waals surface area (Å²) in [6, 6.07) is 3.84. The van der Waals surface area contributed by atoms with Gasteiger partial charge in [0.2, 0.25) is 0 Å². The zero-order valence-electron chi connectivity index (χ0n) is 9.33. The van der Waals surface area contributed by atoms with Crippen LogP contribution in [0.1, 0.15) is 10.4 Å². The monoisotopic (exact) mass is 237 g/mol. The van der Waals surface area contributed by atoms with E-state index in [0.29, 0.717) is 6.54 Å². The van der Waals surface area contributed by atoms with E-state index < -0.39 is 0 Å². The van der Waals surface area contributed by atoms with Crippen LogP contribution < -0.4 is 0 Å². The Morgan fingerprint density at radius 1 is 1.35 bits per heavy atom. The molecule has 0 aliphatic rings. The fourth-order valence-corrected chi connectivity index (χ4v) is 1.39. The summed E-state index contributed by atoms with van der Waals surface area (Å²) in [6.07, 6.45) is 1.55. The molecule has 1 rings (SSSR count). The molecule has 0 saturated heterocycles. The molecule has 0 bridgehead atoms. The van der Waals surface area contributed by atoms with Gasteiger partial charge in [0.15, 0.2) is 11.5 Å². The first-order valence-electron chi connectivity index (χ1n) is 5.13. The number of hydrogen-bond acceptors (Lipinski definition) is 4. The Bertz CT molecular complexity index is 417. The minimum Gasteiger partial charge on any atom is -0.504 e. The average molecular weight is 237 g/mol. The molecule has 0 aromatic heterocycles. The van der Waals surface area contributed by atoms with Crippen LogP contribution in [0.5, 0.6) is 11.5 Å². The lowest BCUT2D eigenvalue weighted by Gasteiger charge is -2.20. The summed E-state index contributed by atoms with van der Waals surface area (Å²) < 4.78 is 0. The highest BCUT2D eigenvalue weighted by Gasteiger charge is 2.15. The Balaban J connectivity index is 2.92. The number of phenols is 2. The molecule has 3 N–H and O–H groups in total. The largest absolute Gasteiger partial charge is 0.504 e. The molecule has 0 heterocycles. The third-order valence-corrected chi connectivity index (χ3v) is 2.23. The molecular formula is C12H15NO4. The molecule has 0 saturated carbocycles. The van der Waals surface area contributed by atoms with Gasteiger partial charge in [-0.15, -0.1) is 6.58 Å². The molecule has 5 nitrogen and oxygen atoms in total. The van der Waals surface area contributed by atoms with E-state index in [0.717, 1.165) is 0 Å². The topological polar surface area (TPSA) is 81.0 Å². The standard InChI is InChI=1S/C12H15NO4/c1-2-5-13(6-7-14)12(17)9-3-4-10(15)11(16)8-9/h2-4,8,14-16H,1,5-7H2. The number of hydrogen-bond donors (Lipinski definition) is 3. The number of phenolic OH excluding ortho intramolecular Hbond substituents is 2. The summed E-state index contributed by atoms with van der Waals surface area (Å²) in [5, 5.41) is 27.3. The predicted octanol–water partition coefficient (Wildman–Crippen LogP) is 0.718. The molecule has 0 aliphatic heterocycles. The minimum absolute atomic E-state index is 0.149. The van der Waals surface area contributed by atoms with Gasteiger partial charge in [-0.25, -0.2) is 0 Å². The summed E-state index contributed by atoms with van der Waals surface area (Å²) in [5.74, 6) is -0.966. The van der Waals surface area contributed by atoms with Crippen LogP contribution in [0.25, 0.3) is 0 Å². The Labute approximate surface area is 99.2 Å². The lowest BCUT2D eigenvalue weighted by molar-refractivity contribution is 0.0742. The zero-order chi connectivity index (χ0) is 12.8. The zero-order valence-corrected chi connectivity index (χ0v) is 9.33. The summed E-state index contributed by atoms with van der Waals surface area (Å²) in [6.45, 7) is 3.87. The van der Waals surface area contributed by atoms with E-state index in [4.69, 9.17) is 10.2 Å². The lowest BCUT2D eigenvalue weighted by Crippen LogP contribution is -2.33. The SMILES string of the molecule is C=CCN(CCO)C(=O)c1ccc(O)c(O)c1. The smallest absolute Gasteiger partial charge is 0.254 e. The highest BCUT2D eigenvalue weighted by atomic mass is 16.3. The highest BCUT2D eigenvalue weighted by Crippen LogP contribution is 2.25. The van der Waals surface area contributed by atoms with Gasteiger partial charge >= 0.3 is 0 Å². The third-order valence-electron chi connectivity index (χ3n) is 2.23. The van der Waals surface area contributed by atoms with Crippen molar-refractivity contribution in [1.29, 1.82) is 0 Å². The number of carbonyl (C=O) groups is 1. The third kappa shape index (κ3) is 3.22. The normalized spacial score (nSPS) is 9.94. The van der Waals surface area contributed by atoms with Gasteiger partial charge in [-0.05, 0) is 18.2 Å². The molecule has 92 valence electrons. The number of benzene rings is 1. The molecule has 1 aromatic carbocycles. The van der Waals surface area contributed by atoms with Crippen molar-refractivity contribution < 1.29 is 20.1 Å². The molecule has 0 radical (unpaired) electrons. The summed E-state index contributed by atoms with van der Waals surface area (Å²) in [5.41, 5.74) is 0.246. The first kappa shape index (κ1) is 13.1. The second-order valence-corrected chi connectivity index (χ2v) is 3.47. The van der Waals surface area contributed by atoms with E-state index in [1.54, 1.807) is 6.08 Å². The number of aromatic hydroxyl groups is 2. The number of aliphatic hydroxyl groups is 1. The first-order chi connectivity index (χ1) is 8.10. The number of aliphatic hydroxyl groups excluding tert-OH is 1. The molecule has 1 aromatic rings. The maximum Gasteiger partial charge on any atom is 0.254 e. The van der Waals surface area contributed by atoms with Gasteiger partial charge in [0.25, 0.3) is 5.91 Å². The van der Waals surface area contributed by atoms with Crippen LogP contribution in [-0.2, 0) is 0 Å². The Morgan fingerprint density at radius 2 is 2.06 bits per heavy atom. The molecule has 0 atom stereocenters. The predicted molar refractivity (Wildman–Crippen MR) is 63.0 cm³/mol. The Morgan fingerprint density at radius 3 is 2.59 bits per heavy atom. The number of nitrogens with zero attached hydrogens (tertiary/aromatic N) is 1. The fraction of sp³-hybridized carbons (Fsp3) is 0.250. The number of rotatable bonds is 5. The van der Waals surface area contributed by atoms with Gasteiger partial charge in [0.05, 0.1) is 6.61 Å². The van der Waals surface area contributed by atoms with Crippen molar-refractivity contribution in [1.82, 2.24) is 4.90 Å². The average Bonchev–Trinajstić information content (AvgIpc) is 2.31. The van der Waals surface area contributed by atoms with Crippen LogP contribution in [0.2, 0.25) is 0 Å². The quantitative estimate of drug-likeness (QED) is 0.520. The van der Waals surface area contributed by atoms with Gasteiger partial charge in [-0.2, -0.15) is 0 Å². The fourth-order valence-electron chi connectivity index (χ4n) is 1.39. The van der Waals surface area contributed by atoms with Gasteiger partial charge < -0.3 is 20.2 Å². The van der Waals surface area contributed by atoms with E-state index in [9.17, 15) is 9.90 Å². The van der Waals surface area contributed by atoms with E-state index in [1.807, 2.05) is 0 Å². The Kier molecular flexibility index (Phi) is 4.54. The van der Waals surface area contributed by atoms with Crippen LogP contribution in [0, 0.1) is 0 Å². The van der Waals surface area contributed by atoms with Crippen LogP contribution in [0.3, 0.4) is 0 Å². The summed E-state index contributed by atoms with van der Waals surface area (Å²) >= 11 is 0. The lowest BCUT2D eigenvalue weighted by atomic mass is 10.1. The van der Waals surface area contributed by atoms with E-state index >= 15 is 0 Å². The summed E-state index contributed by atoms with van der Waals surface area (Å²) in [7, 11) is 0. The number of amides is 1. The van der Waals surface area contributed by atoms with Crippen LogP contribution in [-0.4, -0.2) is 45.8 Å². The molecule has 0 aliphatic carbocycles. The van der Waals surface area contributed by atoms with Crippen molar-refractivity contribution >= 4 is 5.91 Å². The van der Waals surface area contributed by atoms with Crippen molar-refractivity contribution in [2.75, 3.05) is 19.7 Å². The van der Waals surface area contributed by atoms with Crippen LogP contribution in [0.15, 0.2) is 30.9 Å². The van der Waals surface area contributed by atoms with Gasteiger partial charge in [0.1, 0.15) is 0 Å². The molecule has 5 heteroatoms. The van der Waals surface area contributed by atoms with E-state index in [1.165, 1.54) is 23.1 Å². The second-order valence-electron chi connectivity index (χ2n) is 3.47. The molecular weight excluding hydrogens is 222 g/mol. The van der Waals surface area contributed by atoms with Crippen LogP contribution in [0.4, 0.5) is 0 Å². The van der Waals surface area contributed by atoms with Gasteiger partial charge in [-0.3, -0.25) is 4.79 Å². The van der Waals surface area contributed by atoms with Crippen molar-refractivity contribution in [3.63, 3.8) is 0 Å². The van der Waals surface area contributed by atoms with Gasteiger partial charge in [0, 0.05) is 18.7 Å². The van der Waals surface area contributed by atoms with Crippen molar-refractivity contribution in [2.24, 2.45) is 0 Å². The molecule has 0 unspecified atom stereocenters. The maximum absolute atomic E-state index is 12.0. The Hall–Kier alpha value is -2.01. The van der Waals surface area contributed by atoms with E-state index in [-0.39, 0.29) is 36.1 Å². The molecule has 17 heavy (non-hydrogen) atoms.